The molecule has 0 heterocycles. The summed E-state index contributed by atoms with van der Waals surface area (Å²) < 4.78 is 26.6. The van der Waals surface area contributed by atoms with Crippen LogP contribution in [-0.4, -0.2) is 24.7 Å². The van der Waals surface area contributed by atoms with E-state index in [-0.39, 0.29) is 17.1 Å². The average molecular weight is 334 g/mol. The highest BCUT2D eigenvalue weighted by molar-refractivity contribution is 7.89. The first-order valence-corrected chi connectivity index (χ1v) is 8.43. The van der Waals surface area contributed by atoms with Gasteiger partial charge in [0.15, 0.2) is 0 Å². The van der Waals surface area contributed by atoms with Crippen molar-refractivity contribution in [3.8, 4) is 0 Å². The monoisotopic (exact) mass is 334 g/mol. The normalized spacial score (nSPS) is 11.7. The molecule has 0 fully saturated rings. The Morgan fingerprint density at radius 2 is 1.83 bits per heavy atom. The quantitative estimate of drug-likeness (QED) is 0.622. The van der Waals surface area contributed by atoms with E-state index in [4.69, 9.17) is 0 Å². The van der Waals surface area contributed by atoms with Gasteiger partial charge in [0.25, 0.3) is 5.69 Å². The molecule has 23 heavy (non-hydrogen) atoms. The standard InChI is InChI=1S/C16H18N2O4S/c1-12-5-4-6-14(9-12)11-17(3)23(21,22)16-10-15(18(19)20)8-7-13(16)2/h4-10H,11H2,1-3H3. The highest BCUT2D eigenvalue weighted by Crippen LogP contribution is 2.25. The maximum Gasteiger partial charge on any atom is 0.270 e. The van der Waals surface area contributed by atoms with Crippen molar-refractivity contribution in [3.63, 3.8) is 0 Å². The minimum atomic E-state index is -3.81. The minimum Gasteiger partial charge on any atom is -0.258 e. The van der Waals surface area contributed by atoms with Crippen LogP contribution in [0.15, 0.2) is 47.4 Å². The molecule has 2 rings (SSSR count). The van der Waals surface area contributed by atoms with Crippen LogP contribution in [0, 0.1) is 24.0 Å². The van der Waals surface area contributed by atoms with Gasteiger partial charge in [-0.15, -0.1) is 0 Å². The molecular weight excluding hydrogens is 316 g/mol. The first kappa shape index (κ1) is 17.1. The molecule has 0 spiro atoms. The molecule has 0 radical (unpaired) electrons. The average Bonchev–Trinajstić information content (AvgIpc) is 2.47. The summed E-state index contributed by atoms with van der Waals surface area (Å²) in [7, 11) is -2.34. The van der Waals surface area contributed by atoms with Crippen LogP contribution in [-0.2, 0) is 16.6 Å². The smallest absolute Gasteiger partial charge is 0.258 e. The van der Waals surface area contributed by atoms with Gasteiger partial charge in [0, 0.05) is 25.7 Å². The molecule has 2 aromatic carbocycles. The van der Waals surface area contributed by atoms with E-state index in [0.717, 1.165) is 17.2 Å². The highest BCUT2D eigenvalue weighted by Gasteiger charge is 2.25. The molecule has 0 atom stereocenters. The Kier molecular flexibility index (Phi) is 4.82. The number of nitro groups is 1. The summed E-state index contributed by atoms with van der Waals surface area (Å²) in [6, 6.07) is 11.4. The van der Waals surface area contributed by atoms with Crippen LogP contribution in [0.1, 0.15) is 16.7 Å². The molecule has 0 saturated carbocycles. The lowest BCUT2D eigenvalue weighted by molar-refractivity contribution is -0.385. The molecule has 0 aromatic heterocycles. The second-order valence-corrected chi connectivity index (χ2v) is 7.47. The van der Waals surface area contributed by atoms with E-state index in [0.29, 0.717) is 5.56 Å². The topological polar surface area (TPSA) is 80.5 Å². The molecule has 0 aliphatic rings. The molecular formula is C16H18N2O4S. The first-order valence-electron chi connectivity index (χ1n) is 6.99. The first-order chi connectivity index (χ1) is 10.7. The number of benzene rings is 2. The van der Waals surface area contributed by atoms with Gasteiger partial charge in [-0.3, -0.25) is 10.1 Å². The Labute approximate surface area is 135 Å². The lowest BCUT2D eigenvalue weighted by Gasteiger charge is -2.18. The fourth-order valence-electron chi connectivity index (χ4n) is 2.30. The predicted molar refractivity (Wildman–Crippen MR) is 87.7 cm³/mol. The van der Waals surface area contributed by atoms with Crippen molar-refractivity contribution in [2.75, 3.05) is 7.05 Å². The van der Waals surface area contributed by atoms with Gasteiger partial charge in [-0.1, -0.05) is 35.9 Å². The molecule has 0 aliphatic heterocycles. The predicted octanol–water partition coefficient (Wildman–Crippen LogP) is 3.03. The van der Waals surface area contributed by atoms with Crippen LogP contribution in [0.5, 0.6) is 0 Å². The minimum absolute atomic E-state index is 0.0400. The molecule has 0 unspecified atom stereocenters. The maximum atomic E-state index is 12.7. The van der Waals surface area contributed by atoms with E-state index in [9.17, 15) is 18.5 Å². The van der Waals surface area contributed by atoms with E-state index < -0.39 is 14.9 Å². The van der Waals surface area contributed by atoms with Crippen molar-refractivity contribution in [1.82, 2.24) is 4.31 Å². The lowest BCUT2D eigenvalue weighted by atomic mass is 10.1. The summed E-state index contributed by atoms with van der Waals surface area (Å²) >= 11 is 0. The fourth-order valence-corrected chi connectivity index (χ4v) is 3.70. The summed E-state index contributed by atoms with van der Waals surface area (Å²) in [4.78, 5) is 10.2. The van der Waals surface area contributed by atoms with Gasteiger partial charge in [-0.05, 0) is 25.0 Å². The number of aryl methyl sites for hydroxylation is 2. The Morgan fingerprint density at radius 3 is 2.43 bits per heavy atom. The van der Waals surface area contributed by atoms with Crippen LogP contribution < -0.4 is 0 Å². The van der Waals surface area contributed by atoms with Crippen molar-refractivity contribution < 1.29 is 13.3 Å². The van der Waals surface area contributed by atoms with Gasteiger partial charge in [-0.25, -0.2) is 8.42 Å². The van der Waals surface area contributed by atoms with E-state index in [1.807, 2.05) is 31.2 Å². The number of hydrogen-bond donors (Lipinski definition) is 0. The molecule has 7 heteroatoms. The third-order valence-corrected chi connectivity index (χ3v) is 5.50. The third kappa shape index (κ3) is 3.75. The van der Waals surface area contributed by atoms with Crippen molar-refractivity contribution in [2.24, 2.45) is 0 Å². The molecule has 0 saturated heterocycles. The zero-order chi connectivity index (χ0) is 17.2. The van der Waals surface area contributed by atoms with Crippen LogP contribution in [0.25, 0.3) is 0 Å². The van der Waals surface area contributed by atoms with E-state index in [1.54, 1.807) is 6.92 Å². The number of non-ortho nitro benzene ring substituents is 1. The number of sulfonamides is 1. The van der Waals surface area contributed by atoms with E-state index >= 15 is 0 Å². The Bertz CT molecular complexity index is 847. The van der Waals surface area contributed by atoms with Gasteiger partial charge in [0.05, 0.1) is 9.82 Å². The van der Waals surface area contributed by atoms with Crippen LogP contribution in [0.2, 0.25) is 0 Å². The Morgan fingerprint density at radius 1 is 1.13 bits per heavy atom. The molecule has 0 bridgehead atoms. The van der Waals surface area contributed by atoms with Crippen molar-refractivity contribution in [2.45, 2.75) is 25.3 Å². The number of nitrogens with zero attached hydrogens (tertiary/aromatic N) is 2. The summed E-state index contributed by atoms with van der Waals surface area (Å²) in [6.45, 7) is 3.76. The molecule has 0 aliphatic carbocycles. The summed E-state index contributed by atoms with van der Waals surface area (Å²) in [6.07, 6.45) is 0. The van der Waals surface area contributed by atoms with Gasteiger partial charge < -0.3 is 0 Å². The van der Waals surface area contributed by atoms with Crippen molar-refractivity contribution in [1.29, 1.82) is 0 Å². The summed E-state index contributed by atoms with van der Waals surface area (Å²) in [5.41, 5.74) is 2.14. The number of rotatable bonds is 5. The van der Waals surface area contributed by atoms with Crippen LogP contribution >= 0.6 is 0 Å². The van der Waals surface area contributed by atoms with Gasteiger partial charge in [0.1, 0.15) is 0 Å². The molecule has 0 N–H and O–H groups in total. The molecule has 0 amide bonds. The number of nitro benzene ring substituents is 1. The zero-order valence-electron chi connectivity index (χ0n) is 13.2. The van der Waals surface area contributed by atoms with Gasteiger partial charge in [0.2, 0.25) is 10.0 Å². The molecule has 6 nitrogen and oxygen atoms in total. The Balaban J connectivity index is 2.37. The van der Waals surface area contributed by atoms with E-state index in [2.05, 4.69) is 0 Å². The van der Waals surface area contributed by atoms with Crippen LogP contribution in [0.3, 0.4) is 0 Å². The summed E-state index contributed by atoms with van der Waals surface area (Å²) in [5.74, 6) is 0. The molecule has 122 valence electrons. The lowest BCUT2D eigenvalue weighted by Crippen LogP contribution is -2.27. The van der Waals surface area contributed by atoms with Gasteiger partial charge in [-0.2, -0.15) is 4.31 Å². The molecule has 2 aromatic rings. The zero-order valence-corrected chi connectivity index (χ0v) is 14.0. The third-order valence-electron chi connectivity index (χ3n) is 3.56. The highest BCUT2D eigenvalue weighted by atomic mass is 32.2. The fraction of sp³-hybridized carbons (Fsp3) is 0.250. The number of hydrogen-bond acceptors (Lipinski definition) is 4. The Hall–Kier alpha value is -2.25. The second-order valence-electron chi connectivity index (χ2n) is 5.46. The van der Waals surface area contributed by atoms with E-state index in [1.165, 1.54) is 23.5 Å². The van der Waals surface area contributed by atoms with Crippen molar-refractivity contribution in [3.05, 3.63) is 69.3 Å². The largest absolute Gasteiger partial charge is 0.270 e. The van der Waals surface area contributed by atoms with Crippen molar-refractivity contribution >= 4 is 15.7 Å². The van der Waals surface area contributed by atoms with Crippen LogP contribution in [0.4, 0.5) is 5.69 Å². The maximum absolute atomic E-state index is 12.7. The second kappa shape index (κ2) is 6.47. The SMILES string of the molecule is Cc1cccc(CN(C)S(=O)(=O)c2cc([N+](=O)[O-])ccc2C)c1. The van der Waals surface area contributed by atoms with Gasteiger partial charge >= 0.3 is 0 Å². The summed E-state index contributed by atoms with van der Waals surface area (Å²) in [5, 5.41) is 10.9.